The molecule has 140 valence electrons. The molecule has 0 fully saturated rings. The summed E-state index contributed by atoms with van der Waals surface area (Å²) < 4.78 is 15.7. The van der Waals surface area contributed by atoms with Crippen LogP contribution in [0, 0.1) is 0 Å². The number of hydrogen-bond acceptors (Lipinski definition) is 9. The first-order valence-corrected chi connectivity index (χ1v) is 10.0. The van der Waals surface area contributed by atoms with E-state index >= 15 is 0 Å². The fourth-order valence-electron chi connectivity index (χ4n) is 1.45. The Labute approximate surface area is 146 Å². The molecule has 0 aliphatic carbocycles. The van der Waals surface area contributed by atoms with Crippen LogP contribution in [-0.2, 0) is 14.2 Å². The molecule has 7 nitrogen and oxygen atoms in total. The zero-order chi connectivity index (χ0) is 17.2. The normalized spacial score (nSPS) is 14.1. The fraction of sp³-hybridized carbons (Fsp3) is 1.00. The van der Waals surface area contributed by atoms with Crippen molar-refractivity contribution in [3.63, 3.8) is 0 Å². The third kappa shape index (κ3) is 18.6. The van der Waals surface area contributed by atoms with Crippen LogP contribution in [0.5, 0.6) is 0 Å². The highest BCUT2D eigenvalue weighted by atomic mass is 32.2. The maximum absolute atomic E-state index is 9.55. The molecule has 2 atom stereocenters. The van der Waals surface area contributed by atoms with Gasteiger partial charge >= 0.3 is 0 Å². The van der Waals surface area contributed by atoms with Gasteiger partial charge in [0.1, 0.15) is 0 Å². The summed E-state index contributed by atoms with van der Waals surface area (Å²) in [5, 5.41) is 36.3. The fourth-order valence-corrected chi connectivity index (χ4v) is 2.81. The van der Waals surface area contributed by atoms with Crippen LogP contribution in [0.15, 0.2) is 0 Å². The Balaban J connectivity index is 3.20. The number of rotatable bonds is 18. The van der Waals surface area contributed by atoms with E-state index in [9.17, 15) is 10.2 Å². The van der Waals surface area contributed by atoms with Crippen molar-refractivity contribution >= 4 is 23.5 Å². The Bertz CT molecular complexity index is 237. The molecular weight excluding hydrogens is 344 g/mol. The van der Waals surface area contributed by atoms with Crippen LogP contribution in [0.25, 0.3) is 0 Å². The number of thioether (sulfide) groups is 2. The van der Waals surface area contributed by atoms with E-state index in [4.69, 9.17) is 24.4 Å². The van der Waals surface area contributed by atoms with Crippen molar-refractivity contribution in [2.45, 2.75) is 18.8 Å². The molecule has 0 bridgehead atoms. The second-order valence-corrected chi connectivity index (χ2v) is 6.96. The average Bonchev–Trinajstić information content (AvgIpc) is 2.54. The molecule has 0 aromatic rings. The maximum Gasteiger partial charge on any atom is 0.155 e. The second-order valence-electron chi connectivity index (χ2n) is 4.59. The zero-order valence-corrected chi connectivity index (χ0v) is 15.1. The third-order valence-electron chi connectivity index (χ3n) is 2.51. The van der Waals surface area contributed by atoms with E-state index in [1.807, 2.05) is 0 Å². The predicted molar refractivity (Wildman–Crippen MR) is 93.0 cm³/mol. The molecule has 0 saturated heterocycles. The molecule has 9 heteroatoms. The lowest BCUT2D eigenvalue weighted by Crippen LogP contribution is -2.21. The lowest BCUT2D eigenvalue weighted by molar-refractivity contribution is -0.114. The minimum atomic E-state index is -0.799. The molecule has 0 aliphatic rings. The zero-order valence-electron chi connectivity index (χ0n) is 13.5. The number of ether oxygens (including phenoxy) is 3. The summed E-state index contributed by atoms with van der Waals surface area (Å²) in [5.74, 6) is 2.58. The van der Waals surface area contributed by atoms with Gasteiger partial charge in [0.25, 0.3) is 0 Å². The van der Waals surface area contributed by atoms with Gasteiger partial charge in [-0.05, 0) is 5.75 Å². The number of hydrogen-bond donors (Lipinski definition) is 4. The van der Waals surface area contributed by atoms with Crippen LogP contribution in [0.3, 0.4) is 0 Å². The van der Waals surface area contributed by atoms with E-state index in [1.165, 1.54) is 11.8 Å². The van der Waals surface area contributed by atoms with Crippen molar-refractivity contribution < 1.29 is 34.6 Å². The van der Waals surface area contributed by atoms with E-state index in [0.717, 1.165) is 5.75 Å². The van der Waals surface area contributed by atoms with Crippen LogP contribution >= 0.6 is 23.5 Å². The summed E-state index contributed by atoms with van der Waals surface area (Å²) in [5.41, 5.74) is 0. The first-order chi connectivity index (χ1) is 11.2. The molecule has 0 aliphatic heterocycles. The van der Waals surface area contributed by atoms with Crippen molar-refractivity contribution in [3.05, 3.63) is 0 Å². The highest BCUT2D eigenvalue weighted by Crippen LogP contribution is 2.05. The molecule has 0 rings (SSSR count). The third-order valence-corrected chi connectivity index (χ3v) is 4.60. The van der Waals surface area contributed by atoms with E-state index in [1.54, 1.807) is 11.8 Å². The summed E-state index contributed by atoms with van der Waals surface area (Å²) in [4.78, 5) is 0. The Morgan fingerprint density at radius 3 is 2.17 bits per heavy atom. The van der Waals surface area contributed by atoms with E-state index in [2.05, 4.69) is 0 Å². The Morgan fingerprint density at radius 2 is 1.43 bits per heavy atom. The standard InChI is InChI=1S/C14H30O7S2/c15-2-9-22-8-1-14(18)21-7-6-19-4-5-20-11-13(17)12-23-10-3-16/h13-18H,1-12H2. The number of aliphatic hydroxyl groups is 4. The van der Waals surface area contributed by atoms with Crippen molar-refractivity contribution in [2.75, 3.05) is 69.3 Å². The Morgan fingerprint density at radius 1 is 0.783 bits per heavy atom. The Hall–Kier alpha value is 0.420. The number of aliphatic hydroxyl groups excluding tert-OH is 4. The van der Waals surface area contributed by atoms with Crippen LogP contribution in [0.4, 0.5) is 0 Å². The quantitative estimate of drug-likeness (QED) is 0.187. The minimum Gasteiger partial charge on any atom is -0.396 e. The largest absolute Gasteiger partial charge is 0.396 e. The summed E-state index contributed by atoms with van der Waals surface area (Å²) in [6, 6.07) is 0. The molecule has 0 radical (unpaired) electrons. The van der Waals surface area contributed by atoms with Gasteiger partial charge in [-0.15, -0.1) is 0 Å². The van der Waals surface area contributed by atoms with E-state index in [0.29, 0.717) is 50.1 Å². The summed E-state index contributed by atoms with van der Waals surface area (Å²) >= 11 is 3.05. The monoisotopic (exact) mass is 374 g/mol. The molecule has 4 N–H and O–H groups in total. The molecule has 0 amide bonds. The molecule has 23 heavy (non-hydrogen) atoms. The minimum absolute atomic E-state index is 0.115. The molecule has 2 unspecified atom stereocenters. The first-order valence-electron chi connectivity index (χ1n) is 7.71. The predicted octanol–water partition coefficient (Wildman–Crippen LogP) is -0.443. The highest BCUT2D eigenvalue weighted by Gasteiger charge is 2.05. The Kier molecular flexibility index (Phi) is 19.1. The van der Waals surface area contributed by atoms with Gasteiger partial charge in [0.15, 0.2) is 6.29 Å². The van der Waals surface area contributed by atoms with Gasteiger partial charge in [-0.25, -0.2) is 0 Å². The summed E-state index contributed by atoms with van der Waals surface area (Å²) in [6.45, 7) is 2.00. The molecular formula is C14H30O7S2. The molecule has 0 saturated carbocycles. The lowest BCUT2D eigenvalue weighted by atomic mass is 10.4. The first kappa shape index (κ1) is 23.4. The SMILES string of the molecule is OCCSCCC(O)OCCOCCOCC(O)CSCCO. The smallest absolute Gasteiger partial charge is 0.155 e. The van der Waals surface area contributed by atoms with Gasteiger partial charge in [0, 0.05) is 23.7 Å². The van der Waals surface area contributed by atoms with Gasteiger partial charge in [0.2, 0.25) is 0 Å². The van der Waals surface area contributed by atoms with Gasteiger partial charge in [0.05, 0.1) is 52.4 Å². The van der Waals surface area contributed by atoms with Gasteiger partial charge in [-0.2, -0.15) is 23.5 Å². The van der Waals surface area contributed by atoms with E-state index in [-0.39, 0.29) is 19.8 Å². The topological polar surface area (TPSA) is 109 Å². The summed E-state index contributed by atoms with van der Waals surface area (Å²) in [6.07, 6.45) is -0.804. The van der Waals surface area contributed by atoms with Crippen LogP contribution < -0.4 is 0 Å². The molecule has 0 aromatic carbocycles. The van der Waals surface area contributed by atoms with Gasteiger partial charge < -0.3 is 34.6 Å². The van der Waals surface area contributed by atoms with Gasteiger partial charge in [-0.1, -0.05) is 0 Å². The van der Waals surface area contributed by atoms with Crippen molar-refractivity contribution in [3.8, 4) is 0 Å². The van der Waals surface area contributed by atoms with E-state index < -0.39 is 12.4 Å². The maximum atomic E-state index is 9.55. The molecule has 0 spiro atoms. The molecule has 0 aromatic heterocycles. The average molecular weight is 375 g/mol. The van der Waals surface area contributed by atoms with Crippen molar-refractivity contribution in [1.29, 1.82) is 0 Å². The van der Waals surface area contributed by atoms with Crippen LogP contribution in [-0.4, -0.2) is 102 Å². The van der Waals surface area contributed by atoms with Crippen molar-refractivity contribution in [2.24, 2.45) is 0 Å². The van der Waals surface area contributed by atoms with Crippen molar-refractivity contribution in [1.82, 2.24) is 0 Å². The molecule has 0 heterocycles. The van der Waals surface area contributed by atoms with Gasteiger partial charge in [-0.3, -0.25) is 0 Å². The van der Waals surface area contributed by atoms with Crippen LogP contribution in [0.2, 0.25) is 0 Å². The summed E-state index contributed by atoms with van der Waals surface area (Å²) in [7, 11) is 0. The second kappa shape index (κ2) is 18.8. The van der Waals surface area contributed by atoms with Crippen LogP contribution in [0.1, 0.15) is 6.42 Å². The lowest BCUT2D eigenvalue weighted by Gasteiger charge is -2.12. The highest BCUT2D eigenvalue weighted by molar-refractivity contribution is 7.99.